The largest absolute Gasteiger partial charge is 0.497 e. The van der Waals surface area contributed by atoms with Crippen LogP contribution in [0.1, 0.15) is 11.1 Å². The summed E-state index contributed by atoms with van der Waals surface area (Å²) in [6, 6.07) is 16.7. The molecule has 3 rings (SSSR count). The molecule has 0 aliphatic heterocycles. The van der Waals surface area contributed by atoms with Gasteiger partial charge in [-0.1, -0.05) is 24.3 Å². The van der Waals surface area contributed by atoms with Crippen LogP contribution in [0.5, 0.6) is 11.5 Å². The summed E-state index contributed by atoms with van der Waals surface area (Å²) in [4.78, 5) is -0.460. The van der Waals surface area contributed by atoms with Crippen LogP contribution in [0.15, 0.2) is 77.7 Å². The topological polar surface area (TPSA) is 55.8 Å². The molecule has 5 nitrogen and oxygen atoms in total. The van der Waals surface area contributed by atoms with Gasteiger partial charge in [0.25, 0.3) is 10.0 Å². The molecule has 3 aromatic carbocycles. The van der Waals surface area contributed by atoms with Gasteiger partial charge in [0.05, 0.1) is 36.9 Å². The number of anilines is 1. The lowest BCUT2D eigenvalue weighted by Crippen LogP contribution is -2.30. The van der Waals surface area contributed by atoms with E-state index in [-0.39, 0.29) is 12.2 Å². The van der Waals surface area contributed by atoms with Crippen LogP contribution in [0.25, 0.3) is 0 Å². The molecule has 0 heterocycles. The minimum absolute atomic E-state index is 0.101. The summed E-state index contributed by atoms with van der Waals surface area (Å²) in [5.74, 6) is 1.01. The zero-order valence-electron chi connectivity index (χ0n) is 16.8. The van der Waals surface area contributed by atoms with E-state index in [4.69, 9.17) is 9.47 Å². The molecule has 0 bridgehead atoms. The maximum Gasteiger partial charge on any atom is 0.416 e. The Labute approximate surface area is 178 Å². The molecule has 3 aromatic rings. The van der Waals surface area contributed by atoms with Gasteiger partial charge in [0, 0.05) is 6.07 Å². The Morgan fingerprint density at radius 1 is 0.839 bits per heavy atom. The zero-order chi connectivity index (χ0) is 22.6. The van der Waals surface area contributed by atoms with E-state index >= 15 is 0 Å². The molecular formula is C22H20F3NO4S. The molecule has 0 spiro atoms. The van der Waals surface area contributed by atoms with Gasteiger partial charge in [0.1, 0.15) is 11.5 Å². The maximum absolute atomic E-state index is 13.4. The standard InChI is InChI=1S/C22H20F3NO4S/c1-29-19-11-9-16(10-12-19)15-26(18-6-4-7-20(14-18)30-2)31(27,28)21-8-3-5-17(13-21)22(23,24)25/h3-14H,15H2,1-2H3. The van der Waals surface area contributed by atoms with E-state index < -0.39 is 26.7 Å². The van der Waals surface area contributed by atoms with E-state index in [1.807, 2.05) is 0 Å². The highest BCUT2D eigenvalue weighted by atomic mass is 32.2. The average molecular weight is 451 g/mol. The molecule has 0 saturated carbocycles. The first-order valence-corrected chi connectivity index (χ1v) is 10.6. The predicted octanol–water partition coefficient (Wildman–Crippen LogP) is 5.12. The van der Waals surface area contributed by atoms with E-state index in [9.17, 15) is 21.6 Å². The second kappa shape index (κ2) is 8.89. The molecule has 0 aliphatic carbocycles. The summed E-state index contributed by atoms with van der Waals surface area (Å²) in [6.07, 6.45) is -4.66. The van der Waals surface area contributed by atoms with Gasteiger partial charge < -0.3 is 9.47 Å². The Kier molecular flexibility index (Phi) is 6.45. The van der Waals surface area contributed by atoms with E-state index in [1.165, 1.54) is 20.3 Å². The Morgan fingerprint density at radius 2 is 1.48 bits per heavy atom. The van der Waals surface area contributed by atoms with Crippen molar-refractivity contribution in [3.05, 3.63) is 83.9 Å². The van der Waals surface area contributed by atoms with Crippen LogP contribution in [0, 0.1) is 0 Å². The van der Waals surface area contributed by atoms with Crippen molar-refractivity contribution in [3.63, 3.8) is 0 Å². The number of benzene rings is 3. The maximum atomic E-state index is 13.4. The van der Waals surface area contributed by atoms with Crippen LogP contribution in [-0.2, 0) is 22.7 Å². The summed E-state index contributed by atoms with van der Waals surface area (Å²) in [5.41, 5.74) is -0.157. The van der Waals surface area contributed by atoms with Crippen molar-refractivity contribution in [3.8, 4) is 11.5 Å². The van der Waals surface area contributed by atoms with Gasteiger partial charge >= 0.3 is 6.18 Å². The second-order valence-electron chi connectivity index (χ2n) is 6.59. The number of sulfonamides is 1. The Morgan fingerprint density at radius 3 is 2.10 bits per heavy atom. The van der Waals surface area contributed by atoms with Crippen molar-refractivity contribution in [2.24, 2.45) is 0 Å². The number of rotatable bonds is 7. The van der Waals surface area contributed by atoms with Crippen LogP contribution in [0.4, 0.5) is 18.9 Å². The molecule has 0 amide bonds. The lowest BCUT2D eigenvalue weighted by atomic mass is 10.2. The van der Waals surface area contributed by atoms with Crippen molar-refractivity contribution < 1.29 is 31.1 Å². The summed E-state index contributed by atoms with van der Waals surface area (Å²) >= 11 is 0. The highest BCUT2D eigenvalue weighted by molar-refractivity contribution is 7.92. The highest BCUT2D eigenvalue weighted by Gasteiger charge is 2.33. The molecule has 0 saturated heterocycles. The third kappa shape index (κ3) is 5.11. The molecule has 0 fully saturated rings. The first-order valence-electron chi connectivity index (χ1n) is 9.12. The monoisotopic (exact) mass is 451 g/mol. The van der Waals surface area contributed by atoms with Gasteiger partial charge in [-0.2, -0.15) is 13.2 Å². The number of hydrogen-bond acceptors (Lipinski definition) is 4. The lowest BCUT2D eigenvalue weighted by Gasteiger charge is -2.25. The molecule has 0 atom stereocenters. The van der Waals surface area contributed by atoms with E-state index in [2.05, 4.69) is 0 Å². The second-order valence-corrected chi connectivity index (χ2v) is 8.45. The van der Waals surface area contributed by atoms with Gasteiger partial charge in [0.15, 0.2) is 0 Å². The van der Waals surface area contributed by atoms with Crippen molar-refractivity contribution in [2.45, 2.75) is 17.6 Å². The molecular weight excluding hydrogens is 431 g/mol. The van der Waals surface area contributed by atoms with Crippen LogP contribution < -0.4 is 13.8 Å². The van der Waals surface area contributed by atoms with Crippen LogP contribution in [0.3, 0.4) is 0 Å². The number of nitrogens with zero attached hydrogens (tertiary/aromatic N) is 1. The van der Waals surface area contributed by atoms with E-state index in [0.717, 1.165) is 22.5 Å². The summed E-state index contributed by atoms with van der Waals surface area (Å²) in [5, 5.41) is 0. The van der Waals surface area contributed by atoms with Crippen molar-refractivity contribution in [1.82, 2.24) is 0 Å². The normalized spacial score (nSPS) is 11.8. The summed E-state index contributed by atoms with van der Waals surface area (Å²) in [7, 11) is -1.38. The minimum Gasteiger partial charge on any atom is -0.497 e. The molecule has 0 aliphatic rings. The fourth-order valence-electron chi connectivity index (χ4n) is 2.94. The van der Waals surface area contributed by atoms with Crippen LogP contribution in [-0.4, -0.2) is 22.6 Å². The number of alkyl halides is 3. The first kappa shape index (κ1) is 22.5. The number of methoxy groups -OCH3 is 2. The number of halogens is 3. The zero-order valence-corrected chi connectivity index (χ0v) is 17.6. The molecule has 9 heteroatoms. The lowest BCUT2D eigenvalue weighted by molar-refractivity contribution is -0.137. The van der Waals surface area contributed by atoms with Gasteiger partial charge in [0.2, 0.25) is 0 Å². The number of ether oxygens (including phenoxy) is 2. The fourth-order valence-corrected chi connectivity index (χ4v) is 4.43. The van der Waals surface area contributed by atoms with Gasteiger partial charge in [-0.05, 0) is 48.0 Å². The van der Waals surface area contributed by atoms with Crippen LogP contribution in [0.2, 0.25) is 0 Å². The first-order chi connectivity index (χ1) is 14.6. The smallest absolute Gasteiger partial charge is 0.416 e. The Balaban J connectivity index is 2.10. The average Bonchev–Trinajstić information content (AvgIpc) is 2.77. The Hall–Kier alpha value is -3.20. The Bertz CT molecular complexity index is 1150. The third-order valence-corrected chi connectivity index (χ3v) is 6.35. The summed E-state index contributed by atoms with van der Waals surface area (Å²) in [6.45, 7) is -0.101. The molecule has 0 N–H and O–H groups in total. The molecule has 0 radical (unpaired) electrons. The quantitative estimate of drug-likeness (QED) is 0.501. The van der Waals surface area contributed by atoms with Crippen molar-refractivity contribution in [2.75, 3.05) is 18.5 Å². The van der Waals surface area contributed by atoms with Crippen molar-refractivity contribution in [1.29, 1.82) is 0 Å². The molecule has 0 unspecified atom stereocenters. The third-order valence-electron chi connectivity index (χ3n) is 4.58. The number of hydrogen-bond donors (Lipinski definition) is 0. The SMILES string of the molecule is COc1ccc(CN(c2cccc(OC)c2)S(=O)(=O)c2cccc(C(F)(F)F)c2)cc1. The fraction of sp³-hybridized carbons (Fsp3) is 0.182. The van der Waals surface area contributed by atoms with E-state index in [1.54, 1.807) is 42.5 Å². The van der Waals surface area contributed by atoms with Crippen molar-refractivity contribution >= 4 is 15.7 Å². The molecule has 31 heavy (non-hydrogen) atoms. The van der Waals surface area contributed by atoms with Gasteiger partial charge in [-0.3, -0.25) is 4.31 Å². The highest BCUT2D eigenvalue weighted by Crippen LogP contribution is 2.33. The molecule has 164 valence electrons. The van der Waals surface area contributed by atoms with Gasteiger partial charge in [-0.25, -0.2) is 8.42 Å². The van der Waals surface area contributed by atoms with Gasteiger partial charge in [-0.15, -0.1) is 0 Å². The molecule has 0 aromatic heterocycles. The van der Waals surface area contributed by atoms with Crippen LogP contribution >= 0.6 is 0 Å². The minimum atomic E-state index is -4.66. The summed E-state index contributed by atoms with van der Waals surface area (Å²) < 4.78 is 77.7. The van der Waals surface area contributed by atoms with E-state index in [0.29, 0.717) is 23.1 Å². The predicted molar refractivity (Wildman–Crippen MR) is 111 cm³/mol.